The Morgan fingerprint density at radius 1 is 1.25 bits per heavy atom. The molecule has 9 nitrogen and oxygen atoms in total. The highest BCUT2D eigenvalue weighted by Crippen LogP contribution is 2.33. The Balaban J connectivity index is 1.52. The van der Waals surface area contributed by atoms with Crippen LogP contribution in [-0.2, 0) is 17.5 Å². The zero-order chi connectivity index (χ0) is 22.7. The van der Waals surface area contributed by atoms with Crippen LogP contribution in [0.15, 0.2) is 58.8 Å². The SMILES string of the molecule is CCn1c(SCC(=O)Nc2cc(C(F)(F)F)ccc2-n2cncn2)nnc1-c1ccco1. The lowest BCUT2D eigenvalue weighted by atomic mass is 10.1. The predicted octanol–water partition coefficient (Wildman–Crippen LogP) is 3.89. The van der Waals surface area contributed by atoms with Crippen LogP contribution in [0.1, 0.15) is 12.5 Å². The summed E-state index contributed by atoms with van der Waals surface area (Å²) in [6.45, 7) is 2.43. The number of hydrogen-bond donors (Lipinski definition) is 1. The Kier molecular flexibility index (Phi) is 5.99. The summed E-state index contributed by atoms with van der Waals surface area (Å²) in [5.74, 6) is 0.452. The van der Waals surface area contributed by atoms with Crippen molar-refractivity contribution in [2.75, 3.05) is 11.1 Å². The van der Waals surface area contributed by atoms with E-state index in [0.29, 0.717) is 23.3 Å². The number of alkyl halides is 3. The number of furan rings is 1. The van der Waals surface area contributed by atoms with Gasteiger partial charge >= 0.3 is 6.18 Å². The molecule has 166 valence electrons. The summed E-state index contributed by atoms with van der Waals surface area (Å²) in [7, 11) is 0. The maximum Gasteiger partial charge on any atom is 0.416 e. The second-order valence-corrected chi connectivity index (χ2v) is 7.38. The van der Waals surface area contributed by atoms with Crippen LogP contribution >= 0.6 is 11.8 Å². The van der Waals surface area contributed by atoms with Gasteiger partial charge in [-0.2, -0.15) is 18.3 Å². The molecule has 1 N–H and O–H groups in total. The lowest BCUT2D eigenvalue weighted by molar-refractivity contribution is -0.137. The van der Waals surface area contributed by atoms with Crippen molar-refractivity contribution in [2.24, 2.45) is 0 Å². The van der Waals surface area contributed by atoms with Gasteiger partial charge in [-0.1, -0.05) is 11.8 Å². The minimum absolute atomic E-state index is 0.0378. The van der Waals surface area contributed by atoms with Crippen molar-refractivity contribution >= 4 is 23.4 Å². The average molecular weight is 463 g/mol. The first kappa shape index (κ1) is 21.6. The highest BCUT2D eigenvalue weighted by atomic mass is 32.2. The number of nitrogens with one attached hydrogen (secondary N) is 1. The number of amides is 1. The minimum atomic E-state index is -4.56. The third kappa shape index (κ3) is 4.51. The van der Waals surface area contributed by atoms with Gasteiger partial charge in [-0.3, -0.25) is 9.36 Å². The summed E-state index contributed by atoms with van der Waals surface area (Å²) in [5.41, 5.74) is -0.673. The standard InChI is InChI=1S/C19H16F3N7O2S/c1-2-28-17(15-4-3-7-31-15)26-27-18(28)32-9-16(30)25-13-8-12(19(20,21)22)5-6-14(13)29-11-23-10-24-29/h3-8,10-11H,2,9H2,1H3,(H,25,30). The van der Waals surface area contributed by atoms with Gasteiger partial charge in [0.25, 0.3) is 0 Å². The van der Waals surface area contributed by atoms with Crippen molar-refractivity contribution in [1.82, 2.24) is 29.5 Å². The van der Waals surface area contributed by atoms with E-state index in [2.05, 4.69) is 25.6 Å². The molecule has 0 bridgehead atoms. The molecule has 1 amide bonds. The van der Waals surface area contributed by atoms with Gasteiger partial charge in [0, 0.05) is 6.54 Å². The van der Waals surface area contributed by atoms with Crippen LogP contribution in [0.5, 0.6) is 0 Å². The molecule has 0 spiro atoms. The smallest absolute Gasteiger partial charge is 0.416 e. The van der Waals surface area contributed by atoms with Crippen molar-refractivity contribution < 1.29 is 22.4 Å². The quantitative estimate of drug-likeness (QED) is 0.415. The zero-order valence-electron chi connectivity index (χ0n) is 16.6. The predicted molar refractivity (Wildman–Crippen MR) is 109 cm³/mol. The Morgan fingerprint density at radius 2 is 2.09 bits per heavy atom. The topological polar surface area (TPSA) is 104 Å². The van der Waals surface area contributed by atoms with E-state index in [1.807, 2.05) is 6.92 Å². The fourth-order valence-electron chi connectivity index (χ4n) is 2.93. The zero-order valence-corrected chi connectivity index (χ0v) is 17.4. The van der Waals surface area contributed by atoms with Crippen molar-refractivity contribution in [1.29, 1.82) is 0 Å². The van der Waals surface area contributed by atoms with Gasteiger partial charge in [-0.25, -0.2) is 9.67 Å². The number of carbonyl (C=O) groups is 1. The number of hydrogen-bond acceptors (Lipinski definition) is 7. The lowest BCUT2D eigenvalue weighted by Gasteiger charge is -2.14. The first-order valence-corrected chi connectivity index (χ1v) is 10.3. The molecular formula is C19H16F3N7O2S. The van der Waals surface area contributed by atoms with Crippen molar-refractivity contribution in [3.63, 3.8) is 0 Å². The maximum atomic E-state index is 13.2. The first-order valence-electron chi connectivity index (χ1n) is 9.32. The Labute approximate surface area is 183 Å². The van der Waals surface area contributed by atoms with Crippen LogP contribution in [0.4, 0.5) is 18.9 Å². The number of anilines is 1. The number of carbonyl (C=O) groups excluding carboxylic acids is 1. The highest BCUT2D eigenvalue weighted by molar-refractivity contribution is 7.99. The third-order valence-corrected chi connectivity index (χ3v) is 5.34. The fourth-order valence-corrected chi connectivity index (χ4v) is 3.73. The molecular weight excluding hydrogens is 447 g/mol. The summed E-state index contributed by atoms with van der Waals surface area (Å²) in [6, 6.07) is 6.48. The van der Waals surface area contributed by atoms with E-state index in [1.165, 1.54) is 29.7 Å². The van der Waals surface area contributed by atoms with Gasteiger partial charge in [0.15, 0.2) is 16.7 Å². The summed E-state index contributed by atoms with van der Waals surface area (Å²) in [5, 5.41) is 15.1. The number of aromatic nitrogens is 6. The van der Waals surface area contributed by atoms with Crippen LogP contribution in [0.25, 0.3) is 17.3 Å². The number of nitrogens with zero attached hydrogens (tertiary/aromatic N) is 6. The van der Waals surface area contributed by atoms with E-state index in [-0.39, 0.29) is 17.1 Å². The van der Waals surface area contributed by atoms with Crippen molar-refractivity contribution in [3.05, 3.63) is 54.8 Å². The molecule has 0 saturated heterocycles. The summed E-state index contributed by atoms with van der Waals surface area (Å²) in [4.78, 5) is 16.4. The van der Waals surface area contributed by atoms with Gasteiger partial charge in [0.2, 0.25) is 5.91 Å². The van der Waals surface area contributed by atoms with Crippen LogP contribution in [-0.4, -0.2) is 41.2 Å². The third-order valence-electron chi connectivity index (χ3n) is 4.37. The Morgan fingerprint density at radius 3 is 2.75 bits per heavy atom. The number of benzene rings is 1. The van der Waals surface area contributed by atoms with E-state index in [4.69, 9.17) is 4.42 Å². The molecule has 0 atom stereocenters. The molecule has 0 radical (unpaired) electrons. The molecule has 3 heterocycles. The molecule has 1 aromatic carbocycles. The van der Waals surface area contributed by atoms with E-state index in [9.17, 15) is 18.0 Å². The van der Waals surface area contributed by atoms with Crippen molar-refractivity contribution in [3.8, 4) is 17.3 Å². The summed E-state index contributed by atoms with van der Waals surface area (Å²) >= 11 is 1.11. The van der Waals surface area contributed by atoms with Crippen LogP contribution in [0, 0.1) is 0 Å². The second-order valence-electron chi connectivity index (χ2n) is 6.43. The molecule has 0 aliphatic carbocycles. The molecule has 0 aliphatic heterocycles. The number of thioether (sulfide) groups is 1. The number of halogens is 3. The molecule has 0 unspecified atom stereocenters. The van der Waals surface area contributed by atoms with Crippen molar-refractivity contribution in [2.45, 2.75) is 24.8 Å². The molecule has 3 aromatic heterocycles. The molecule has 0 fully saturated rings. The maximum absolute atomic E-state index is 13.2. The van der Waals surface area contributed by atoms with E-state index in [1.54, 1.807) is 16.7 Å². The second kappa shape index (κ2) is 8.86. The van der Waals surface area contributed by atoms with Gasteiger partial charge in [0.05, 0.1) is 29.0 Å². The molecule has 0 aliphatic rings. The van der Waals surface area contributed by atoms with E-state index < -0.39 is 17.6 Å². The van der Waals surface area contributed by atoms with Gasteiger partial charge < -0.3 is 9.73 Å². The molecule has 4 rings (SSSR count). The Bertz CT molecular complexity index is 1200. The Hall–Kier alpha value is -3.61. The van der Waals surface area contributed by atoms with Gasteiger partial charge in [-0.05, 0) is 37.3 Å². The summed E-state index contributed by atoms with van der Waals surface area (Å²) < 4.78 is 47.9. The highest BCUT2D eigenvalue weighted by Gasteiger charge is 2.31. The van der Waals surface area contributed by atoms with Gasteiger partial charge in [0.1, 0.15) is 12.7 Å². The normalized spacial score (nSPS) is 11.6. The van der Waals surface area contributed by atoms with Crippen LogP contribution in [0.3, 0.4) is 0 Å². The molecule has 4 aromatic rings. The monoisotopic (exact) mass is 463 g/mol. The average Bonchev–Trinajstić information content (AvgIpc) is 3.53. The van der Waals surface area contributed by atoms with Gasteiger partial charge in [-0.15, -0.1) is 10.2 Å². The molecule has 13 heteroatoms. The van der Waals surface area contributed by atoms with E-state index >= 15 is 0 Å². The fraction of sp³-hybridized carbons (Fsp3) is 0.211. The minimum Gasteiger partial charge on any atom is -0.461 e. The molecule has 32 heavy (non-hydrogen) atoms. The first-order chi connectivity index (χ1) is 15.4. The van der Waals surface area contributed by atoms with Crippen LogP contribution < -0.4 is 5.32 Å². The summed E-state index contributed by atoms with van der Waals surface area (Å²) in [6.07, 6.45) is -0.471. The lowest BCUT2D eigenvalue weighted by Crippen LogP contribution is -2.17. The number of rotatable bonds is 7. The molecule has 0 saturated carbocycles. The van der Waals surface area contributed by atoms with Crippen LogP contribution in [0.2, 0.25) is 0 Å². The van der Waals surface area contributed by atoms with E-state index in [0.717, 1.165) is 23.9 Å². The largest absolute Gasteiger partial charge is 0.461 e.